The molecule has 0 aliphatic carbocycles. The predicted molar refractivity (Wildman–Crippen MR) is 112 cm³/mol. The van der Waals surface area contributed by atoms with Gasteiger partial charge in [0.05, 0.1) is 30.1 Å². The quantitative estimate of drug-likeness (QED) is 0.545. The van der Waals surface area contributed by atoms with Crippen molar-refractivity contribution in [3.05, 3.63) is 84.4 Å². The number of amides is 1. The second-order valence-corrected chi connectivity index (χ2v) is 6.08. The summed E-state index contributed by atoms with van der Waals surface area (Å²) in [6, 6.07) is 23.5. The number of esters is 1. The molecule has 0 aliphatic heterocycles. The van der Waals surface area contributed by atoms with Crippen LogP contribution in [-0.2, 0) is 9.53 Å². The molecular weight excluding hydrogens is 368 g/mol. The Morgan fingerprint density at radius 2 is 1.48 bits per heavy atom. The van der Waals surface area contributed by atoms with Crippen molar-refractivity contribution in [3.63, 3.8) is 0 Å². The third-order valence-electron chi connectivity index (χ3n) is 3.99. The molecule has 0 spiro atoms. The van der Waals surface area contributed by atoms with E-state index in [1.165, 1.54) is 0 Å². The molecule has 0 saturated heterocycles. The Morgan fingerprint density at radius 3 is 2.24 bits per heavy atom. The number of anilines is 2. The molecule has 3 rings (SSSR count). The van der Waals surface area contributed by atoms with Crippen LogP contribution in [0.4, 0.5) is 11.4 Å². The van der Waals surface area contributed by atoms with Crippen molar-refractivity contribution in [2.75, 3.05) is 23.8 Å². The number of rotatable bonds is 8. The molecule has 0 aromatic heterocycles. The summed E-state index contributed by atoms with van der Waals surface area (Å²) in [7, 11) is 0. The Labute approximate surface area is 169 Å². The van der Waals surface area contributed by atoms with Gasteiger partial charge in [-0.15, -0.1) is 0 Å². The molecule has 0 atom stereocenters. The first-order chi connectivity index (χ1) is 14.2. The largest absolute Gasteiger partial charge is 0.462 e. The van der Waals surface area contributed by atoms with Crippen LogP contribution < -0.4 is 15.4 Å². The number of benzene rings is 3. The van der Waals surface area contributed by atoms with Crippen LogP contribution in [0.1, 0.15) is 17.3 Å². The van der Waals surface area contributed by atoms with Gasteiger partial charge in [-0.05, 0) is 43.3 Å². The maximum Gasteiger partial charge on any atom is 0.340 e. The molecule has 1 amide bonds. The van der Waals surface area contributed by atoms with Gasteiger partial charge in [-0.25, -0.2) is 4.79 Å². The van der Waals surface area contributed by atoms with Crippen LogP contribution in [0.3, 0.4) is 0 Å². The lowest BCUT2D eigenvalue weighted by Crippen LogP contribution is -2.23. The van der Waals surface area contributed by atoms with Gasteiger partial charge in [0.15, 0.2) is 5.75 Å². The van der Waals surface area contributed by atoms with Gasteiger partial charge >= 0.3 is 5.97 Å². The lowest BCUT2D eigenvalue weighted by atomic mass is 10.2. The number of hydrogen-bond donors (Lipinski definition) is 2. The molecule has 0 radical (unpaired) electrons. The monoisotopic (exact) mass is 390 g/mol. The van der Waals surface area contributed by atoms with Crippen LogP contribution in [0.25, 0.3) is 0 Å². The number of nitrogens with one attached hydrogen (secondary N) is 2. The summed E-state index contributed by atoms with van der Waals surface area (Å²) in [6.07, 6.45) is 0. The minimum Gasteiger partial charge on any atom is -0.462 e. The lowest BCUT2D eigenvalue weighted by Gasteiger charge is -2.14. The Balaban J connectivity index is 1.64. The van der Waals surface area contributed by atoms with Crippen LogP contribution in [0, 0.1) is 0 Å². The van der Waals surface area contributed by atoms with Gasteiger partial charge in [0, 0.05) is 0 Å². The molecule has 3 aromatic rings. The van der Waals surface area contributed by atoms with Crippen LogP contribution >= 0.6 is 0 Å². The highest BCUT2D eigenvalue weighted by Gasteiger charge is 2.14. The van der Waals surface area contributed by atoms with Crippen molar-refractivity contribution < 1.29 is 19.1 Å². The van der Waals surface area contributed by atoms with Gasteiger partial charge < -0.3 is 20.1 Å². The van der Waals surface area contributed by atoms with E-state index in [0.29, 0.717) is 28.4 Å². The maximum atomic E-state index is 12.4. The molecule has 6 nitrogen and oxygen atoms in total. The first-order valence-corrected chi connectivity index (χ1v) is 9.29. The standard InChI is InChI=1S/C23H22N2O4/c1-2-28-23(27)18-12-6-7-13-19(18)25-22(26)16-24-20-14-8-9-15-21(20)29-17-10-4-3-5-11-17/h3-15,24H,2,16H2,1H3,(H,25,26). The molecule has 0 aliphatic rings. The van der Waals surface area contributed by atoms with Crippen molar-refractivity contribution in [2.45, 2.75) is 6.92 Å². The van der Waals surface area contributed by atoms with Crippen molar-refractivity contribution in [3.8, 4) is 11.5 Å². The van der Waals surface area contributed by atoms with Crippen molar-refractivity contribution >= 4 is 23.3 Å². The predicted octanol–water partition coefficient (Wildman–Crippen LogP) is 4.71. The Bertz CT molecular complexity index is 973. The normalized spacial score (nSPS) is 10.1. The fourth-order valence-corrected chi connectivity index (χ4v) is 2.67. The summed E-state index contributed by atoms with van der Waals surface area (Å²) < 4.78 is 10.9. The van der Waals surface area contributed by atoms with Crippen LogP contribution in [0.5, 0.6) is 11.5 Å². The molecule has 0 bridgehead atoms. The zero-order valence-electron chi connectivity index (χ0n) is 16.1. The van der Waals surface area contributed by atoms with E-state index in [9.17, 15) is 9.59 Å². The number of ether oxygens (including phenoxy) is 2. The van der Waals surface area contributed by atoms with Gasteiger partial charge in [-0.2, -0.15) is 0 Å². The Hall–Kier alpha value is -3.80. The number of hydrogen-bond acceptors (Lipinski definition) is 5. The van der Waals surface area contributed by atoms with Gasteiger partial charge in [0.25, 0.3) is 0 Å². The summed E-state index contributed by atoms with van der Waals surface area (Å²) in [4.78, 5) is 24.5. The van der Waals surface area contributed by atoms with Crippen LogP contribution in [0.15, 0.2) is 78.9 Å². The number of carbonyl (C=O) groups excluding carboxylic acids is 2. The van der Waals surface area contributed by atoms with Crippen molar-refractivity contribution in [1.29, 1.82) is 0 Å². The summed E-state index contributed by atoms with van der Waals surface area (Å²) in [5.74, 6) is 0.544. The highest BCUT2D eigenvalue weighted by molar-refractivity contribution is 6.02. The van der Waals surface area contributed by atoms with Gasteiger partial charge in [0.1, 0.15) is 5.75 Å². The summed E-state index contributed by atoms with van der Waals surface area (Å²) in [5, 5.41) is 5.82. The summed E-state index contributed by atoms with van der Waals surface area (Å²) in [6.45, 7) is 2.01. The average Bonchev–Trinajstić information content (AvgIpc) is 2.74. The molecular formula is C23H22N2O4. The lowest BCUT2D eigenvalue weighted by molar-refractivity contribution is -0.114. The van der Waals surface area contributed by atoms with E-state index in [1.807, 2.05) is 54.6 Å². The molecule has 0 unspecified atom stereocenters. The van der Waals surface area contributed by atoms with Crippen LogP contribution in [-0.4, -0.2) is 25.0 Å². The molecule has 3 aromatic carbocycles. The maximum absolute atomic E-state index is 12.4. The van der Waals surface area contributed by atoms with Crippen molar-refractivity contribution in [2.24, 2.45) is 0 Å². The minimum atomic E-state index is -0.474. The second kappa shape index (κ2) is 9.94. The Morgan fingerprint density at radius 1 is 0.828 bits per heavy atom. The zero-order valence-corrected chi connectivity index (χ0v) is 16.1. The van der Waals surface area contributed by atoms with Crippen LogP contribution in [0.2, 0.25) is 0 Å². The van der Waals surface area contributed by atoms with E-state index in [2.05, 4.69) is 10.6 Å². The topological polar surface area (TPSA) is 76.7 Å². The molecule has 6 heteroatoms. The van der Waals surface area contributed by atoms with E-state index in [0.717, 1.165) is 0 Å². The fourth-order valence-electron chi connectivity index (χ4n) is 2.67. The van der Waals surface area contributed by atoms with Crippen molar-refractivity contribution in [1.82, 2.24) is 0 Å². The highest BCUT2D eigenvalue weighted by Crippen LogP contribution is 2.29. The molecule has 0 heterocycles. The minimum absolute atomic E-state index is 0.00627. The highest BCUT2D eigenvalue weighted by atomic mass is 16.5. The summed E-state index contributed by atoms with van der Waals surface area (Å²) in [5.41, 5.74) is 1.41. The number of carbonyl (C=O) groups is 2. The molecule has 148 valence electrons. The zero-order chi connectivity index (χ0) is 20.5. The van der Waals surface area contributed by atoms with E-state index >= 15 is 0 Å². The fraction of sp³-hybridized carbons (Fsp3) is 0.130. The average molecular weight is 390 g/mol. The van der Waals surface area contributed by atoms with Gasteiger partial charge in [-0.3, -0.25) is 4.79 Å². The SMILES string of the molecule is CCOC(=O)c1ccccc1NC(=O)CNc1ccccc1Oc1ccccc1. The summed E-state index contributed by atoms with van der Waals surface area (Å²) >= 11 is 0. The molecule has 0 fully saturated rings. The molecule has 2 N–H and O–H groups in total. The Kier molecular flexibility index (Phi) is 6.84. The first-order valence-electron chi connectivity index (χ1n) is 9.29. The third-order valence-corrected chi connectivity index (χ3v) is 3.99. The van der Waals surface area contributed by atoms with E-state index in [4.69, 9.17) is 9.47 Å². The van der Waals surface area contributed by atoms with E-state index in [-0.39, 0.29) is 19.1 Å². The smallest absolute Gasteiger partial charge is 0.340 e. The first kappa shape index (κ1) is 19.9. The van der Waals surface area contributed by atoms with Gasteiger partial charge in [0.2, 0.25) is 5.91 Å². The van der Waals surface area contributed by atoms with E-state index < -0.39 is 5.97 Å². The molecule has 0 saturated carbocycles. The van der Waals surface area contributed by atoms with E-state index in [1.54, 1.807) is 31.2 Å². The molecule has 29 heavy (non-hydrogen) atoms. The van der Waals surface area contributed by atoms with Gasteiger partial charge in [-0.1, -0.05) is 42.5 Å². The number of para-hydroxylation sites is 4. The third kappa shape index (κ3) is 5.59. The second-order valence-electron chi connectivity index (χ2n) is 6.08.